The Labute approximate surface area is 102 Å². The van der Waals surface area contributed by atoms with Crippen molar-refractivity contribution in [3.63, 3.8) is 0 Å². The molecule has 3 heteroatoms. The van der Waals surface area contributed by atoms with Gasteiger partial charge in [-0.15, -0.1) is 6.58 Å². The number of ether oxygens (including phenoxy) is 1. The summed E-state index contributed by atoms with van der Waals surface area (Å²) in [5.74, 6) is -0.504. The van der Waals surface area contributed by atoms with Gasteiger partial charge in [0, 0.05) is 0 Å². The second-order valence-electron chi connectivity index (χ2n) is 3.79. The quantitative estimate of drug-likeness (QED) is 0.553. The Balaban J connectivity index is 2.36. The summed E-state index contributed by atoms with van der Waals surface area (Å²) in [6.07, 6.45) is 6.03. The average molecular weight is 234 g/mol. The van der Waals surface area contributed by atoms with Gasteiger partial charge in [-0.25, -0.2) is 4.79 Å². The van der Waals surface area contributed by atoms with Crippen LogP contribution in [-0.2, 0) is 0 Å². The summed E-state index contributed by atoms with van der Waals surface area (Å²) in [5, 5.41) is 8.95. The lowest BCUT2D eigenvalue weighted by atomic mass is 10.2. The SMILES string of the molecule is C=CCCCCCOc1ccccc1C(=O)O. The van der Waals surface area contributed by atoms with Crippen LogP contribution in [0.1, 0.15) is 36.0 Å². The van der Waals surface area contributed by atoms with E-state index in [9.17, 15) is 4.79 Å². The summed E-state index contributed by atoms with van der Waals surface area (Å²) >= 11 is 0. The van der Waals surface area contributed by atoms with Crippen LogP contribution < -0.4 is 4.74 Å². The third-order valence-corrected chi connectivity index (χ3v) is 2.43. The van der Waals surface area contributed by atoms with Gasteiger partial charge in [-0.3, -0.25) is 0 Å². The first-order valence-corrected chi connectivity index (χ1v) is 5.81. The van der Waals surface area contributed by atoms with Crippen LogP contribution in [0.25, 0.3) is 0 Å². The summed E-state index contributed by atoms with van der Waals surface area (Å²) in [4.78, 5) is 10.9. The number of carboxylic acid groups (broad SMARTS) is 1. The first kappa shape index (κ1) is 13.3. The van der Waals surface area contributed by atoms with Crippen molar-refractivity contribution in [2.75, 3.05) is 6.61 Å². The largest absolute Gasteiger partial charge is 0.493 e. The summed E-state index contributed by atoms with van der Waals surface area (Å²) in [7, 11) is 0. The number of rotatable bonds is 8. The number of carbonyl (C=O) groups is 1. The van der Waals surface area contributed by atoms with Crippen molar-refractivity contribution in [2.45, 2.75) is 25.7 Å². The van der Waals surface area contributed by atoms with Crippen molar-refractivity contribution in [3.05, 3.63) is 42.5 Å². The molecule has 0 amide bonds. The van der Waals surface area contributed by atoms with Crippen LogP contribution in [0.15, 0.2) is 36.9 Å². The van der Waals surface area contributed by atoms with E-state index in [1.165, 1.54) is 0 Å². The minimum Gasteiger partial charge on any atom is -0.493 e. The molecule has 1 rings (SSSR count). The summed E-state index contributed by atoms with van der Waals surface area (Å²) in [5.41, 5.74) is 0.221. The molecule has 3 nitrogen and oxygen atoms in total. The van der Waals surface area contributed by atoms with Gasteiger partial charge in [0.05, 0.1) is 6.61 Å². The number of hydrogen-bond donors (Lipinski definition) is 1. The Bertz CT molecular complexity index is 371. The molecule has 0 aromatic heterocycles. The van der Waals surface area contributed by atoms with Crippen molar-refractivity contribution >= 4 is 5.97 Å². The second-order valence-corrected chi connectivity index (χ2v) is 3.79. The van der Waals surface area contributed by atoms with E-state index in [2.05, 4.69) is 6.58 Å². The molecular formula is C14H18O3. The van der Waals surface area contributed by atoms with Crippen molar-refractivity contribution in [1.29, 1.82) is 0 Å². The molecule has 0 unspecified atom stereocenters. The van der Waals surface area contributed by atoms with Crippen LogP contribution in [-0.4, -0.2) is 17.7 Å². The molecule has 1 aromatic rings. The zero-order valence-electron chi connectivity index (χ0n) is 9.89. The highest BCUT2D eigenvalue weighted by atomic mass is 16.5. The molecule has 0 radical (unpaired) electrons. The first-order chi connectivity index (χ1) is 8.25. The van der Waals surface area contributed by atoms with E-state index in [4.69, 9.17) is 9.84 Å². The number of benzene rings is 1. The third-order valence-electron chi connectivity index (χ3n) is 2.43. The fourth-order valence-corrected chi connectivity index (χ4v) is 1.52. The molecule has 1 aromatic carbocycles. The molecular weight excluding hydrogens is 216 g/mol. The molecule has 1 N–H and O–H groups in total. The van der Waals surface area contributed by atoms with Gasteiger partial charge in [-0.2, -0.15) is 0 Å². The minimum absolute atomic E-state index is 0.221. The predicted octanol–water partition coefficient (Wildman–Crippen LogP) is 3.51. The molecule has 0 heterocycles. The first-order valence-electron chi connectivity index (χ1n) is 5.81. The molecule has 17 heavy (non-hydrogen) atoms. The number of unbranched alkanes of at least 4 members (excludes halogenated alkanes) is 3. The number of allylic oxidation sites excluding steroid dienone is 1. The van der Waals surface area contributed by atoms with E-state index in [0.29, 0.717) is 12.4 Å². The number of carboxylic acids is 1. The molecule has 0 bridgehead atoms. The van der Waals surface area contributed by atoms with Crippen molar-refractivity contribution in [3.8, 4) is 5.75 Å². The zero-order chi connectivity index (χ0) is 12.5. The molecule has 0 spiro atoms. The lowest BCUT2D eigenvalue weighted by Crippen LogP contribution is -2.04. The lowest BCUT2D eigenvalue weighted by Gasteiger charge is -2.08. The van der Waals surface area contributed by atoms with Crippen LogP contribution >= 0.6 is 0 Å². The second kappa shape index (κ2) is 7.49. The molecule has 0 saturated carbocycles. The maximum absolute atomic E-state index is 10.9. The zero-order valence-corrected chi connectivity index (χ0v) is 9.89. The highest BCUT2D eigenvalue weighted by molar-refractivity contribution is 5.90. The van der Waals surface area contributed by atoms with Gasteiger partial charge in [0.25, 0.3) is 0 Å². The standard InChI is InChI=1S/C14H18O3/c1-2-3-4-5-8-11-17-13-10-7-6-9-12(13)14(15)16/h2,6-7,9-10H,1,3-5,8,11H2,(H,15,16). The molecule has 0 aliphatic rings. The Morgan fingerprint density at radius 3 is 2.76 bits per heavy atom. The molecule has 0 fully saturated rings. The summed E-state index contributed by atoms with van der Waals surface area (Å²) < 4.78 is 5.47. The smallest absolute Gasteiger partial charge is 0.339 e. The van der Waals surface area contributed by atoms with E-state index in [1.54, 1.807) is 24.3 Å². The van der Waals surface area contributed by atoms with Crippen LogP contribution in [0.4, 0.5) is 0 Å². The van der Waals surface area contributed by atoms with Gasteiger partial charge in [0.15, 0.2) is 0 Å². The molecule has 0 aliphatic heterocycles. The maximum Gasteiger partial charge on any atom is 0.339 e. The van der Waals surface area contributed by atoms with Crippen molar-refractivity contribution in [1.82, 2.24) is 0 Å². The van der Waals surface area contributed by atoms with Crippen LogP contribution in [0.3, 0.4) is 0 Å². The van der Waals surface area contributed by atoms with Crippen LogP contribution in [0.2, 0.25) is 0 Å². The number of para-hydroxylation sites is 1. The molecule has 0 atom stereocenters. The van der Waals surface area contributed by atoms with E-state index >= 15 is 0 Å². The summed E-state index contributed by atoms with van der Waals surface area (Å²) in [6.45, 7) is 4.22. The van der Waals surface area contributed by atoms with Gasteiger partial charge in [0.2, 0.25) is 0 Å². The van der Waals surface area contributed by atoms with Crippen molar-refractivity contribution in [2.24, 2.45) is 0 Å². The van der Waals surface area contributed by atoms with Crippen LogP contribution in [0, 0.1) is 0 Å². The van der Waals surface area contributed by atoms with E-state index in [0.717, 1.165) is 25.7 Å². The molecule has 0 aliphatic carbocycles. The topological polar surface area (TPSA) is 46.5 Å². The highest BCUT2D eigenvalue weighted by Gasteiger charge is 2.09. The van der Waals surface area contributed by atoms with Crippen LogP contribution in [0.5, 0.6) is 5.75 Å². The van der Waals surface area contributed by atoms with E-state index in [1.807, 2.05) is 6.08 Å². The fraction of sp³-hybridized carbons (Fsp3) is 0.357. The van der Waals surface area contributed by atoms with E-state index < -0.39 is 5.97 Å². The van der Waals surface area contributed by atoms with Gasteiger partial charge < -0.3 is 9.84 Å². The Morgan fingerprint density at radius 1 is 1.29 bits per heavy atom. The monoisotopic (exact) mass is 234 g/mol. The third kappa shape index (κ3) is 4.72. The number of aromatic carboxylic acids is 1. The maximum atomic E-state index is 10.9. The van der Waals surface area contributed by atoms with Gasteiger partial charge in [-0.1, -0.05) is 18.2 Å². The number of hydrogen-bond acceptors (Lipinski definition) is 2. The Hall–Kier alpha value is -1.77. The van der Waals surface area contributed by atoms with Crippen molar-refractivity contribution < 1.29 is 14.6 Å². The van der Waals surface area contributed by atoms with E-state index in [-0.39, 0.29) is 5.56 Å². The van der Waals surface area contributed by atoms with Gasteiger partial charge >= 0.3 is 5.97 Å². The normalized spacial score (nSPS) is 9.88. The Kier molecular flexibility index (Phi) is 5.86. The molecule has 0 saturated heterocycles. The molecule has 92 valence electrons. The average Bonchev–Trinajstić information content (AvgIpc) is 2.34. The highest BCUT2D eigenvalue weighted by Crippen LogP contribution is 2.18. The Morgan fingerprint density at radius 2 is 2.06 bits per heavy atom. The van der Waals surface area contributed by atoms with Gasteiger partial charge in [0.1, 0.15) is 11.3 Å². The minimum atomic E-state index is -0.952. The van der Waals surface area contributed by atoms with Gasteiger partial charge in [-0.05, 0) is 37.8 Å². The predicted molar refractivity (Wildman–Crippen MR) is 67.6 cm³/mol. The lowest BCUT2D eigenvalue weighted by molar-refractivity contribution is 0.0692. The summed E-state index contributed by atoms with van der Waals surface area (Å²) in [6, 6.07) is 6.71. The fourth-order valence-electron chi connectivity index (χ4n) is 1.52.